The Morgan fingerprint density at radius 3 is 2.75 bits per heavy atom. The Hall–Kier alpha value is -0.940. The Morgan fingerprint density at radius 2 is 2.12 bits per heavy atom. The molecule has 0 aliphatic carbocycles. The van der Waals surface area contributed by atoms with Crippen LogP contribution in [0, 0.1) is 0 Å². The van der Waals surface area contributed by atoms with Gasteiger partial charge in [-0.3, -0.25) is 0 Å². The van der Waals surface area contributed by atoms with E-state index in [2.05, 4.69) is 36.2 Å². The Morgan fingerprint density at radius 1 is 1.38 bits per heavy atom. The maximum Gasteiger partial charge on any atom is 0.228 e. The molecular formula is C11H21N3O2. The number of hydrogen-bond donors (Lipinski definition) is 1. The van der Waals surface area contributed by atoms with Gasteiger partial charge in [-0.25, -0.2) is 0 Å². The Balaban J connectivity index is 2.29. The van der Waals surface area contributed by atoms with Crippen molar-refractivity contribution in [3.05, 3.63) is 11.7 Å². The largest absolute Gasteiger partial charge is 0.374 e. The van der Waals surface area contributed by atoms with Crippen molar-refractivity contribution in [2.75, 3.05) is 13.2 Å². The molecule has 1 heterocycles. The van der Waals surface area contributed by atoms with Gasteiger partial charge in [0.15, 0.2) is 5.82 Å². The lowest BCUT2D eigenvalue weighted by molar-refractivity contribution is 0.126. The molecule has 1 rings (SSSR count). The van der Waals surface area contributed by atoms with Crippen LogP contribution in [-0.4, -0.2) is 28.8 Å². The highest BCUT2D eigenvalue weighted by atomic mass is 16.5. The predicted molar refractivity (Wildman–Crippen MR) is 61.1 cm³/mol. The summed E-state index contributed by atoms with van der Waals surface area (Å²) in [6, 6.07) is 0. The van der Waals surface area contributed by atoms with Gasteiger partial charge < -0.3 is 14.6 Å². The summed E-state index contributed by atoms with van der Waals surface area (Å²) >= 11 is 0. The summed E-state index contributed by atoms with van der Waals surface area (Å²) in [7, 11) is 0. The van der Waals surface area contributed by atoms with E-state index in [0.717, 1.165) is 13.0 Å². The zero-order chi connectivity index (χ0) is 12.0. The van der Waals surface area contributed by atoms with E-state index < -0.39 is 0 Å². The minimum absolute atomic E-state index is 0.119. The van der Waals surface area contributed by atoms with Crippen LogP contribution < -0.4 is 5.32 Å². The zero-order valence-corrected chi connectivity index (χ0v) is 10.5. The fraction of sp³-hybridized carbons (Fsp3) is 0.818. The van der Waals surface area contributed by atoms with Crippen LogP contribution in [0.5, 0.6) is 0 Å². The van der Waals surface area contributed by atoms with Crippen molar-refractivity contribution < 1.29 is 9.26 Å². The summed E-state index contributed by atoms with van der Waals surface area (Å²) in [5.74, 6) is 1.28. The molecule has 0 unspecified atom stereocenters. The number of aromatic nitrogens is 2. The van der Waals surface area contributed by atoms with Gasteiger partial charge in [-0.1, -0.05) is 5.16 Å². The van der Waals surface area contributed by atoms with Crippen molar-refractivity contribution in [2.24, 2.45) is 0 Å². The van der Waals surface area contributed by atoms with Crippen LogP contribution in [0.1, 0.15) is 39.4 Å². The van der Waals surface area contributed by atoms with Gasteiger partial charge in [-0.2, -0.15) is 4.98 Å². The van der Waals surface area contributed by atoms with Crippen molar-refractivity contribution >= 4 is 0 Å². The maximum atomic E-state index is 5.19. The molecule has 0 amide bonds. The summed E-state index contributed by atoms with van der Waals surface area (Å²) in [6.45, 7) is 10.2. The third kappa shape index (κ3) is 5.23. The van der Waals surface area contributed by atoms with Gasteiger partial charge in [0, 0.05) is 25.1 Å². The lowest BCUT2D eigenvalue weighted by Gasteiger charge is -2.19. The molecule has 0 saturated heterocycles. The SMILES string of the molecule is CCOCc1noc(CCNC(C)(C)C)n1. The summed E-state index contributed by atoms with van der Waals surface area (Å²) in [4.78, 5) is 4.22. The lowest BCUT2D eigenvalue weighted by atomic mass is 10.1. The fourth-order valence-corrected chi connectivity index (χ4v) is 1.19. The normalized spacial score (nSPS) is 12.0. The summed E-state index contributed by atoms with van der Waals surface area (Å²) in [6.07, 6.45) is 0.746. The molecular weight excluding hydrogens is 206 g/mol. The van der Waals surface area contributed by atoms with Gasteiger partial charge in [-0.05, 0) is 27.7 Å². The van der Waals surface area contributed by atoms with Gasteiger partial charge >= 0.3 is 0 Å². The molecule has 5 nitrogen and oxygen atoms in total. The van der Waals surface area contributed by atoms with Crippen LogP contribution in [0.4, 0.5) is 0 Å². The van der Waals surface area contributed by atoms with Crippen LogP contribution in [0.3, 0.4) is 0 Å². The van der Waals surface area contributed by atoms with Crippen LogP contribution in [-0.2, 0) is 17.8 Å². The molecule has 0 saturated carbocycles. The second-order valence-corrected chi connectivity index (χ2v) is 4.67. The number of rotatable bonds is 6. The standard InChI is InChI=1S/C11H21N3O2/c1-5-15-8-9-13-10(16-14-9)6-7-12-11(2,3)4/h12H,5-8H2,1-4H3. The monoisotopic (exact) mass is 227 g/mol. The van der Waals surface area contributed by atoms with E-state index in [1.54, 1.807) is 0 Å². The van der Waals surface area contributed by atoms with Crippen LogP contribution in [0.2, 0.25) is 0 Å². The van der Waals surface area contributed by atoms with Crippen LogP contribution >= 0.6 is 0 Å². The highest BCUT2D eigenvalue weighted by molar-refractivity contribution is 4.86. The molecule has 1 aromatic rings. The molecule has 0 spiro atoms. The Kier molecular flexibility index (Phi) is 4.89. The van der Waals surface area contributed by atoms with E-state index in [1.165, 1.54) is 0 Å². The molecule has 0 aliphatic heterocycles. The van der Waals surface area contributed by atoms with E-state index in [4.69, 9.17) is 9.26 Å². The first-order valence-corrected chi connectivity index (χ1v) is 5.65. The number of nitrogens with zero attached hydrogens (tertiary/aromatic N) is 2. The van der Waals surface area contributed by atoms with Crippen molar-refractivity contribution in [3.63, 3.8) is 0 Å². The van der Waals surface area contributed by atoms with Crippen molar-refractivity contribution in [1.29, 1.82) is 0 Å². The molecule has 5 heteroatoms. The predicted octanol–water partition coefficient (Wildman–Crippen LogP) is 1.54. The Labute approximate surface area is 96.6 Å². The third-order valence-electron chi connectivity index (χ3n) is 1.94. The topological polar surface area (TPSA) is 60.2 Å². The maximum absolute atomic E-state index is 5.19. The zero-order valence-electron chi connectivity index (χ0n) is 10.5. The van der Waals surface area contributed by atoms with Crippen molar-refractivity contribution in [1.82, 2.24) is 15.5 Å². The highest BCUT2D eigenvalue weighted by Crippen LogP contribution is 2.02. The molecule has 1 N–H and O–H groups in total. The first kappa shape index (κ1) is 13.1. The molecule has 16 heavy (non-hydrogen) atoms. The molecule has 0 bridgehead atoms. The quantitative estimate of drug-likeness (QED) is 0.798. The molecule has 0 atom stereocenters. The van der Waals surface area contributed by atoms with E-state index >= 15 is 0 Å². The minimum atomic E-state index is 0.119. The molecule has 0 aromatic carbocycles. The molecule has 92 valence electrons. The van der Waals surface area contributed by atoms with E-state index in [0.29, 0.717) is 24.9 Å². The van der Waals surface area contributed by atoms with E-state index in [9.17, 15) is 0 Å². The van der Waals surface area contributed by atoms with Crippen LogP contribution in [0.25, 0.3) is 0 Å². The van der Waals surface area contributed by atoms with Crippen molar-refractivity contribution in [2.45, 2.75) is 46.3 Å². The van der Waals surface area contributed by atoms with Crippen LogP contribution in [0.15, 0.2) is 4.52 Å². The summed E-state index contributed by atoms with van der Waals surface area (Å²) in [5.41, 5.74) is 0.119. The third-order valence-corrected chi connectivity index (χ3v) is 1.94. The minimum Gasteiger partial charge on any atom is -0.374 e. The molecule has 0 radical (unpaired) electrons. The second-order valence-electron chi connectivity index (χ2n) is 4.67. The van der Waals surface area contributed by atoms with E-state index in [1.807, 2.05) is 6.92 Å². The smallest absolute Gasteiger partial charge is 0.228 e. The molecule has 0 aliphatic rings. The van der Waals surface area contributed by atoms with Gasteiger partial charge in [0.1, 0.15) is 6.61 Å². The summed E-state index contributed by atoms with van der Waals surface area (Å²) in [5, 5.41) is 7.19. The number of nitrogens with one attached hydrogen (secondary N) is 1. The average molecular weight is 227 g/mol. The highest BCUT2D eigenvalue weighted by Gasteiger charge is 2.10. The molecule has 1 aromatic heterocycles. The first-order chi connectivity index (χ1) is 7.51. The first-order valence-electron chi connectivity index (χ1n) is 5.65. The Bertz CT molecular complexity index is 304. The number of hydrogen-bond acceptors (Lipinski definition) is 5. The van der Waals surface area contributed by atoms with E-state index in [-0.39, 0.29) is 5.54 Å². The average Bonchev–Trinajstić information content (AvgIpc) is 2.61. The fourth-order valence-electron chi connectivity index (χ4n) is 1.19. The summed E-state index contributed by atoms with van der Waals surface area (Å²) < 4.78 is 10.3. The van der Waals surface area contributed by atoms with Crippen molar-refractivity contribution in [3.8, 4) is 0 Å². The molecule has 0 fully saturated rings. The van der Waals surface area contributed by atoms with Gasteiger partial charge in [0.05, 0.1) is 0 Å². The second kappa shape index (κ2) is 5.96. The van der Waals surface area contributed by atoms with Gasteiger partial charge in [0.25, 0.3) is 0 Å². The van der Waals surface area contributed by atoms with Gasteiger partial charge in [0.2, 0.25) is 5.89 Å². The van der Waals surface area contributed by atoms with Gasteiger partial charge in [-0.15, -0.1) is 0 Å². The number of ether oxygens (including phenoxy) is 1. The lowest BCUT2D eigenvalue weighted by Crippen LogP contribution is -2.37.